The fourth-order valence-electron chi connectivity index (χ4n) is 2.34. The summed E-state index contributed by atoms with van der Waals surface area (Å²) in [6.07, 6.45) is 1.54. The lowest BCUT2D eigenvalue weighted by Gasteiger charge is -2.11. The third-order valence-corrected chi connectivity index (χ3v) is 4.57. The van der Waals surface area contributed by atoms with E-state index in [1.807, 2.05) is 30.5 Å². The second kappa shape index (κ2) is 7.31. The van der Waals surface area contributed by atoms with Crippen molar-refractivity contribution < 1.29 is 9.53 Å². The summed E-state index contributed by atoms with van der Waals surface area (Å²) in [5, 5.41) is 2.42. The number of hydrogen-bond acceptors (Lipinski definition) is 5. The van der Waals surface area contributed by atoms with E-state index in [-0.39, 0.29) is 12.2 Å². The quantitative estimate of drug-likeness (QED) is 0.714. The summed E-state index contributed by atoms with van der Waals surface area (Å²) in [4.78, 5) is 30.0. The van der Waals surface area contributed by atoms with Gasteiger partial charge in [-0.05, 0) is 37.4 Å². The summed E-state index contributed by atoms with van der Waals surface area (Å²) in [7, 11) is 0. The first-order valence-corrected chi connectivity index (χ1v) is 8.55. The fourth-order valence-corrected chi connectivity index (χ4v) is 3.03. The van der Waals surface area contributed by atoms with E-state index in [1.165, 1.54) is 0 Å². The number of carbonyl (C=O) groups excluding carboxylic acids is 1. The Labute approximate surface area is 148 Å². The van der Waals surface area contributed by atoms with Crippen LogP contribution in [0.1, 0.15) is 17.6 Å². The predicted molar refractivity (Wildman–Crippen MR) is 99.0 cm³/mol. The highest BCUT2D eigenvalue weighted by Crippen LogP contribution is 2.19. The van der Waals surface area contributed by atoms with Crippen LogP contribution in [0.15, 0.2) is 52.8 Å². The summed E-state index contributed by atoms with van der Waals surface area (Å²) >= 11 is 1.59. The van der Waals surface area contributed by atoms with Gasteiger partial charge in [0.15, 0.2) is 6.61 Å². The molecular formula is C18H17N3O3S. The number of carbonyl (C=O) groups is 1. The molecule has 0 aliphatic carbocycles. The molecule has 0 saturated heterocycles. The average Bonchev–Trinajstić information content (AvgIpc) is 3.13. The van der Waals surface area contributed by atoms with E-state index < -0.39 is 5.91 Å². The number of amides is 1. The first-order valence-electron chi connectivity index (χ1n) is 7.67. The van der Waals surface area contributed by atoms with Crippen molar-refractivity contribution >= 4 is 33.7 Å². The van der Waals surface area contributed by atoms with Crippen molar-refractivity contribution in [2.75, 3.05) is 12.0 Å². The largest absolute Gasteiger partial charge is 0.491 e. The van der Waals surface area contributed by atoms with Gasteiger partial charge in [-0.1, -0.05) is 18.2 Å². The second-order valence-corrected chi connectivity index (χ2v) is 6.39. The van der Waals surface area contributed by atoms with Crippen LogP contribution in [0.5, 0.6) is 0 Å². The van der Waals surface area contributed by atoms with Crippen LogP contribution in [0.3, 0.4) is 0 Å². The maximum absolute atomic E-state index is 12.5. The Balaban J connectivity index is 1.70. The lowest BCUT2D eigenvalue weighted by Crippen LogP contribution is -2.37. The van der Waals surface area contributed by atoms with Gasteiger partial charge in [0.05, 0.1) is 17.2 Å². The SMILES string of the molecule is CC(=COCC(=O)Nn1c(C)nc2ccccc2c1=O)c1cccs1. The number of aryl methyl sites for hydroxylation is 1. The molecule has 0 spiro atoms. The molecule has 2 heterocycles. The summed E-state index contributed by atoms with van der Waals surface area (Å²) in [6.45, 7) is 3.38. The molecule has 25 heavy (non-hydrogen) atoms. The lowest BCUT2D eigenvalue weighted by atomic mass is 10.2. The van der Waals surface area contributed by atoms with E-state index in [9.17, 15) is 9.59 Å². The van der Waals surface area contributed by atoms with Crippen LogP contribution in [0.25, 0.3) is 16.5 Å². The zero-order valence-corrected chi connectivity index (χ0v) is 14.7. The van der Waals surface area contributed by atoms with Crippen LogP contribution >= 0.6 is 11.3 Å². The number of aromatic nitrogens is 2. The van der Waals surface area contributed by atoms with E-state index in [0.717, 1.165) is 15.1 Å². The van der Waals surface area contributed by atoms with Crippen LogP contribution in [0, 0.1) is 6.92 Å². The number of nitrogens with one attached hydrogen (secondary N) is 1. The Morgan fingerprint density at radius 1 is 1.32 bits per heavy atom. The molecule has 6 nitrogen and oxygen atoms in total. The molecule has 0 radical (unpaired) electrons. The van der Waals surface area contributed by atoms with Crippen molar-refractivity contribution in [1.82, 2.24) is 9.66 Å². The molecule has 7 heteroatoms. The van der Waals surface area contributed by atoms with Crippen molar-refractivity contribution in [1.29, 1.82) is 0 Å². The van der Waals surface area contributed by atoms with E-state index >= 15 is 0 Å². The molecule has 1 amide bonds. The van der Waals surface area contributed by atoms with Gasteiger partial charge in [-0.25, -0.2) is 9.66 Å². The molecule has 128 valence electrons. The van der Waals surface area contributed by atoms with Gasteiger partial charge < -0.3 is 4.74 Å². The number of nitrogens with zero attached hydrogens (tertiary/aromatic N) is 2. The van der Waals surface area contributed by atoms with Crippen LogP contribution in [0.2, 0.25) is 0 Å². The van der Waals surface area contributed by atoms with Gasteiger partial charge in [-0.3, -0.25) is 15.0 Å². The second-order valence-electron chi connectivity index (χ2n) is 5.44. The summed E-state index contributed by atoms with van der Waals surface area (Å²) in [5.74, 6) is -0.0279. The highest BCUT2D eigenvalue weighted by molar-refractivity contribution is 7.11. The average molecular weight is 355 g/mol. The first-order chi connectivity index (χ1) is 12.1. The first kappa shape index (κ1) is 16.9. The van der Waals surface area contributed by atoms with E-state index in [0.29, 0.717) is 16.7 Å². The maximum Gasteiger partial charge on any atom is 0.280 e. The number of para-hydroxylation sites is 1. The van der Waals surface area contributed by atoms with Crippen LogP contribution in [0.4, 0.5) is 0 Å². The van der Waals surface area contributed by atoms with Gasteiger partial charge in [0.1, 0.15) is 5.82 Å². The minimum absolute atomic E-state index is 0.193. The number of benzene rings is 1. The van der Waals surface area contributed by atoms with Gasteiger partial charge in [0.25, 0.3) is 11.5 Å². The standard InChI is InChI=1S/C18H17N3O3S/c1-12(16-8-5-9-25-16)10-24-11-17(22)20-21-13(2)19-15-7-4-3-6-14(15)18(21)23/h3-10H,11H2,1-2H3,(H,20,22). The number of allylic oxidation sites excluding steroid dienone is 1. The van der Waals surface area contributed by atoms with Crippen molar-refractivity contribution in [2.45, 2.75) is 13.8 Å². The van der Waals surface area contributed by atoms with Crippen LogP contribution in [-0.4, -0.2) is 22.2 Å². The Kier molecular flexibility index (Phi) is 4.95. The molecule has 0 unspecified atom stereocenters. The van der Waals surface area contributed by atoms with Gasteiger partial charge in [-0.15, -0.1) is 11.3 Å². The molecule has 0 atom stereocenters. The highest BCUT2D eigenvalue weighted by atomic mass is 32.1. The molecule has 1 N–H and O–H groups in total. The number of rotatable bonds is 5. The Hall–Kier alpha value is -2.93. The zero-order chi connectivity index (χ0) is 17.8. The van der Waals surface area contributed by atoms with Crippen molar-refractivity contribution in [3.05, 3.63) is 69.1 Å². The van der Waals surface area contributed by atoms with Gasteiger partial charge in [0.2, 0.25) is 0 Å². The molecule has 0 bridgehead atoms. The van der Waals surface area contributed by atoms with Gasteiger partial charge in [0, 0.05) is 10.5 Å². The molecule has 3 rings (SSSR count). The molecule has 3 aromatic rings. The minimum Gasteiger partial charge on any atom is -0.491 e. The van der Waals surface area contributed by atoms with E-state index in [4.69, 9.17) is 4.74 Å². The monoisotopic (exact) mass is 355 g/mol. The topological polar surface area (TPSA) is 73.2 Å². The molecule has 0 aliphatic rings. The molecule has 0 saturated carbocycles. The molecule has 1 aromatic carbocycles. The number of ether oxygens (including phenoxy) is 1. The smallest absolute Gasteiger partial charge is 0.280 e. The summed E-state index contributed by atoms with van der Waals surface area (Å²) < 4.78 is 6.46. The maximum atomic E-state index is 12.5. The fraction of sp³-hybridized carbons (Fsp3) is 0.167. The van der Waals surface area contributed by atoms with Gasteiger partial charge >= 0.3 is 0 Å². The Morgan fingerprint density at radius 3 is 2.88 bits per heavy atom. The molecule has 2 aromatic heterocycles. The Morgan fingerprint density at radius 2 is 2.12 bits per heavy atom. The van der Waals surface area contributed by atoms with Crippen molar-refractivity contribution in [3.63, 3.8) is 0 Å². The van der Waals surface area contributed by atoms with Crippen molar-refractivity contribution in [3.8, 4) is 0 Å². The third kappa shape index (κ3) is 3.77. The summed E-state index contributed by atoms with van der Waals surface area (Å²) in [6, 6.07) is 10.9. The van der Waals surface area contributed by atoms with E-state index in [1.54, 1.807) is 42.7 Å². The van der Waals surface area contributed by atoms with Crippen molar-refractivity contribution in [2.24, 2.45) is 0 Å². The normalized spacial score (nSPS) is 11.5. The van der Waals surface area contributed by atoms with E-state index in [2.05, 4.69) is 10.4 Å². The number of thiophene rings is 1. The van der Waals surface area contributed by atoms with Crippen LogP contribution < -0.4 is 11.0 Å². The number of hydrogen-bond donors (Lipinski definition) is 1. The van der Waals surface area contributed by atoms with Gasteiger partial charge in [-0.2, -0.15) is 0 Å². The highest BCUT2D eigenvalue weighted by Gasteiger charge is 2.10. The molecule has 0 fully saturated rings. The lowest BCUT2D eigenvalue weighted by molar-refractivity contribution is -0.119. The number of fused-ring (bicyclic) bond motifs is 1. The predicted octanol–water partition coefficient (Wildman–Crippen LogP) is 2.91. The molecule has 0 aliphatic heterocycles. The Bertz CT molecular complexity index is 990. The zero-order valence-electron chi connectivity index (χ0n) is 13.9. The minimum atomic E-state index is -0.433. The third-order valence-electron chi connectivity index (χ3n) is 3.56. The summed E-state index contributed by atoms with van der Waals surface area (Å²) in [5.41, 5.74) is 3.74. The molecular weight excluding hydrogens is 338 g/mol. The van der Waals surface area contributed by atoms with Crippen LogP contribution in [-0.2, 0) is 9.53 Å².